The summed E-state index contributed by atoms with van der Waals surface area (Å²) in [6.45, 7) is 2.87. The molecule has 0 radical (unpaired) electrons. The molecule has 2 heterocycles. The highest BCUT2D eigenvalue weighted by Crippen LogP contribution is 2.30. The second kappa shape index (κ2) is 8.31. The number of hydrogen-bond donors (Lipinski definition) is 1. The van der Waals surface area contributed by atoms with Crippen molar-refractivity contribution in [3.05, 3.63) is 66.0 Å². The smallest absolute Gasteiger partial charge is 0.174 e. The maximum Gasteiger partial charge on any atom is 0.174 e. The lowest BCUT2D eigenvalue weighted by Crippen LogP contribution is -2.07. The van der Waals surface area contributed by atoms with Crippen molar-refractivity contribution in [1.29, 1.82) is 0 Å². The van der Waals surface area contributed by atoms with Crippen LogP contribution in [0.25, 0.3) is 22.3 Å². The molecule has 148 valence electrons. The Hall–Kier alpha value is -3.41. The average Bonchev–Trinajstić information content (AvgIpc) is 3.13. The molecule has 0 aliphatic heterocycles. The lowest BCUT2D eigenvalue weighted by molar-refractivity contribution is 0.414. The number of anilines is 1. The van der Waals surface area contributed by atoms with Crippen molar-refractivity contribution in [1.82, 2.24) is 19.7 Å². The maximum absolute atomic E-state index is 6.18. The summed E-state index contributed by atoms with van der Waals surface area (Å²) in [7, 11) is 1.68. The Morgan fingerprint density at radius 3 is 2.45 bits per heavy atom. The number of ether oxygens (including phenoxy) is 1. The van der Waals surface area contributed by atoms with Gasteiger partial charge in [0.05, 0.1) is 7.11 Å². The minimum Gasteiger partial charge on any atom is -0.497 e. The van der Waals surface area contributed by atoms with Gasteiger partial charge in [-0.2, -0.15) is 0 Å². The molecule has 0 saturated heterocycles. The van der Waals surface area contributed by atoms with E-state index in [1.807, 2.05) is 42.5 Å². The summed E-state index contributed by atoms with van der Waals surface area (Å²) in [5.41, 5.74) is 10.8. The predicted octanol–water partition coefficient (Wildman–Crippen LogP) is 4.48. The van der Waals surface area contributed by atoms with Crippen LogP contribution in [0, 0.1) is 0 Å². The third-order valence-corrected chi connectivity index (χ3v) is 5.07. The molecule has 29 heavy (non-hydrogen) atoms. The number of unbranched alkanes of at least 4 members (excludes halogenated alkanes) is 1. The first kappa shape index (κ1) is 18.9. The summed E-state index contributed by atoms with van der Waals surface area (Å²) in [5, 5.41) is 8.63. The van der Waals surface area contributed by atoms with Crippen LogP contribution in [0.15, 0.2) is 54.6 Å². The van der Waals surface area contributed by atoms with Crippen LogP contribution in [-0.2, 0) is 13.0 Å². The number of aryl methyl sites for hydroxylation is 1. The third-order valence-electron chi connectivity index (χ3n) is 5.07. The van der Waals surface area contributed by atoms with Gasteiger partial charge < -0.3 is 15.0 Å². The molecule has 0 unspecified atom stereocenters. The first-order valence-electron chi connectivity index (χ1n) is 9.91. The first-order valence-corrected chi connectivity index (χ1v) is 9.91. The number of nitrogens with two attached hydrogens (primary N) is 1. The fourth-order valence-corrected chi connectivity index (χ4v) is 3.52. The Bertz CT molecular complexity index is 1100. The molecule has 2 N–H and O–H groups in total. The number of nitrogen functional groups attached to an aromatic ring is 1. The van der Waals surface area contributed by atoms with Gasteiger partial charge in [-0.25, -0.2) is 4.98 Å². The summed E-state index contributed by atoms with van der Waals surface area (Å²) in [6, 6.07) is 18.2. The second-order valence-corrected chi connectivity index (χ2v) is 7.06. The van der Waals surface area contributed by atoms with E-state index in [1.54, 1.807) is 7.11 Å². The van der Waals surface area contributed by atoms with Crippen molar-refractivity contribution in [3.8, 4) is 17.0 Å². The van der Waals surface area contributed by atoms with E-state index in [1.165, 1.54) is 0 Å². The van der Waals surface area contributed by atoms with Gasteiger partial charge in [0.2, 0.25) is 0 Å². The SMILES string of the molecule is CCCCc1nc2c(N)nnc(-c3ccccc3)c2n1Cc1ccc(OC)cc1. The van der Waals surface area contributed by atoms with E-state index >= 15 is 0 Å². The lowest BCUT2D eigenvalue weighted by Gasteiger charge is -2.12. The van der Waals surface area contributed by atoms with Crippen LogP contribution in [0.2, 0.25) is 0 Å². The Kier molecular flexibility index (Phi) is 5.42. The van der Waals surface area contributed by atoms with Crippen LogP contribution < -0.4 is 10.5 Å². The molecule has 6 nitrogen and oxygen atoms in total. The van der Waals surface area contributed by atoms with Gasteiger partial charge in [0, 0.05) is 18.5 Å². The molecule has 0 bridgehead atoms. The predicted molar refractivity (Wildman–Crippen MR) is 116 cm³/mol. The molecule has 0 amide bonds. The number of fused-ring (bicyclic) bond motifs is 1. The summed E-state index contributed by atoms with van der Waals surface area (Å²) >= 11 is 0. The summed E-state index contributed by atoms with van der Waals surface area (Å²) < 4.78 is 7.53. The largest absolute Gasteiger partial charge is 0.497 e. The van der Waals surface area contributed by atoms with Crippen LogP contribution in [0.1, 0.15) is 31.2 Å². The zero-order valence-electron chi connectivity index (χ0n) is 16.8. The number of nitrogens with zero attached hydrogens (tertiary/aromatic N) is 4. The van der Waals surface area contributed by atoms with Crippen molar-refractivity contribution in [2.75, 3.05) is 12.8 Å². The Labute approximate surface area is 170 Å². The van der Waals surface area contributed by atoms with Gasteiger partial charge in [0.15, 0.2) is 5.82 Å². The Balaban J connectivity index is 1.89. The molecule has 6 heteroatoms. The zero-order chi connectivity index (χ0) is 20.2. The van der Waals surface area contributed by atoms with Crippen molar-refractivity contribution in [2.24, 2.45) is 0 Å². The van der Waals surface area contributed by atoms with Gasteiger partial charge in [-0.05, 0) is 24.1 Å². The fourth-order valence-electron chi connectivity index (χ4n) is 3.52. The van der Waals surface area contributed by atoms with E-state index in [0.29, 0.717) is 12.4 Å². The van der Waals surface area contributed by atoms with Gasteiger partial charge >= 0.3 is 0 Å². The Morgan fingerprint density at radius 1 is 1.00 bits per heavy atom. The molecule has 0 fully saturated rings. The quantitative estimate of drug-likeness (QED) is 0.506. The molecule has 0 aliphatic rings. The van der Waals surface area contributed by atoms with E-state index in [4.69, 9.17) is 15.5 Å². The third kappa shape index (κ3) is 3.78. The molecular formula is C23H25N5O. The minimum absolute atomic E-state index is 0.367. The molecule has 0 atom stereocenters. The number of aromatic nitrogens is 4. The normalized spacial score (nSPS) is 11.1. The topological polar surface area (TPSA) is 78.9 Å². The summed E-state index contributed by atoms with van der Waals surface area (Å²) in [6.07, 6.45) is 3.05. The zero-order valence-corrected chi connectivity index (χ0v) is 16.8. The number of methoxy groups -OCH3 is 1. The van der Waals surface area contributed by atoms with Gasteiger partial charge in [0.1, 0.15) is 28.3 Å². The van der Waals surface area contributed by atoms with E-state index in [0.717, 1.165) is 58.7 Å². The molecule has 0 aliphatic carbocycles. The molecule has 0 spiro atoms. The average molecular weight is 387 g/mol. The van der Waals surface area contributed by atoms with Crippen LogP contribution in [-0.4, -0.2) is 26.9 Å². The van der Waals surface area contributed by atoms with Gasteiger partial charge in [-0.1, -0.05) is 55.8 Å². The Morgan fingerprint density at radius 2 is 1.76 bits per heavy atom. The monoisotopic (exact) mass is 387 g/mol. The maximum atomic E-state index is 6.18. The molecule has 4 aromatic rings. The molecule has 4 rings (SSSR count). The van der Waals surface area contributed by atoms with E-state index in [9.17, 15) is 0 Å². The second-order valence-electron chi connectivity index (χ2n) is 7.06. The molecule has 0 saturated carbocycles. The van der Waals surface area contributed by atoms with E-state index in [-0.39, 0.29) is 0 Å². The highest BCUT2D eigenvalue weighted by atomic mass is 16.5. The van der Waals surface area contributed by atoms with E-state index in [2.05, 4.69) is 33.8 Å². The van der Waals surface area contributed by atoms with E-state index < -0.39 is 0 Å². The van der Waals surface area contributed by atoms with Crippen LogP contribution >= 0.6 is 0 Å². The highest BCUT2D eigenvalue weighted by Gasteiger charge is 2.19. The molecular weight excluding hydrogens is 362 g/mol. The van der Waals surface area contributed by atoms with Crippen molar-refractivity contribution < 1.29 is 4.74 Å². The molecule has 2 aromatic carbocycles. The van der Waals surface area contributed by atoms with Crippen LogP contribution in [0.3, 0.4) is 0 Å². The summed E-state index contributed by atoms with van der Waals surface area (Å²) in [4.78, 5) is 4.88. The number of benzene rings is 2. The van der Waals surface area contributed by atoms with Gasteiger partial charge in [0.25, 0.3) is 0 Å². The number of imidazole rings is 1. The lowest BCUT2D eigenvalue weighted by atomic mass is 10.1. The van der Waals surface area contributed by atoms with Crippen molar-refractivity contribution in [2.45, 2.75) is 32.7 Å². The standard InChI is InChI=1S/C23H25N5O/c1-3-4-10-19-25-21-22(28(19)15-16-11-13-18(29-2)14-12-16)20(26-27-23(21)24)17-8-6-5-7-9-17/h5-9,11-14H,3-4,10,15H2,1-2H3,(H2,24,27). The van der Waals surface area contributed by atoms with Gasteiger partial charge in [-0.3, -0.25) is 0 Å². The minimum atomic E-state index is 0.367. The molecule has 2 aromatic heterocycles. The number of hydrogen-bond acceptors (Lipinski definition) is 5. The first-order chi connectivity index (χ1) is 14.2. The fraction of sp³-hybridized carbons (Fsp3) is 0.261. The van der Waals surface area contributed by atoms with Crippen molar-refractivity contribution in [3.63, 3.8) is 0 Å². The summed E-state index contributed by atoms with van der Waals surface area (Å²) in [5.74, 6) is 2.22. The number of rotatable bonds is 7. The van der Waals surface area contributed by atoms with Crippen LogP contribution in [0.4, 0.5) is 5.82 Å². The highest BCUT2D eigenvalue weighted by molar-refractivity contribution is 5.95. The van der Waals surface area contributed by atoms with Crippen LogP contribution in [0.5, 0.6) is 5.75 Å². The van der Waals surface area contributed by atoms with Gasteiger partial charge in [-0.15, -0.1) is 10.2 Å². The van der Waals surface area contributed by atoms with Crippen molar-refractivity contribution >= 4 is 16.9 Å².